The summed E-state index contributed by atoms with van der Waals surface area (Å²) in [4.78, 5) is 12.1. The van der Waals surface area contributed by atoms with Gasteiger partial charge in [0.05, 0.1) is 26.2 Å². The van der Waals surface area contributed by atoms with Crippen LogP contribution in [0, 0.1) is 29.6 Å². The van der Waals surface area contributed by atoms with E-state index in [9.17, 15) is 4.79 Å². The lowest BCUT2D eigenvalue weighted by Crippen LogP contribution is -2.63. The van der Waals surface area contributed by atoms with Crippen molar-refractivity contribution in [1.82, 2.24) is 0 Å². The second kappa shape index (κ2) is 3.70. The van der Waals surface area contributed by atoms with Crippen molar-refractivity contribution in [2.24, 2.45) is 29.6 Å². The van der Waals surface area contributed by atoms with Crippen molar-refractivity contribution in [1.29, 1.82) is 0 Å². The molecule has 0 aromatic heterocycles. The van der Waals surface area contributed by atoms with Gasteiger partial charge in [0.25, 0.3) is 0 Å². The number of carbonyl (C=O) groups is 1. The van der Waals surface area contributed by atoms with E-state index in [4.69, 9.17) is 14.2 Å². The van der Waals surface area contributed by atoms with Gasteiger partial charge < -0.3 is 14.2 Å². The molecule has 4 heteroatoms. The lowest BCUT2D eigenvalue weighted by atomic mass is 9.49. The maximum atomic E-state index is 12.1. The van der Waals surface area contributed by atoms with E-state index in [1.165, 1.54) is 20.0 Å². The first kappa shape index (κ1) is 11.2. The molecule has 5 rings (SSSR count). The van der Waals surface area contributed by atoms with E-state index in [1.807, 2.05) is 0 Å². The van der Waals surface area contributed by atoms with Crippen LogP contribution >= 0.6 is 0 Å². The van der Waals surface area contributed by atoms with Gasteiger partial charge in [-0.15, -0.1) is 0 Å². The zero-order valence-electron chi connectivity index (χ0n) is 10.8. The van der Waals surface area contributed by atoms with Crippen LogP contribution < -0.4 is 0 Å². The molecule has 0 aromatic carbocycles. The van der Waals surface area contributed by atoms with E-state index in [-0.39, 0.29) is 17.8 Å². The highest BCUT2D eigenvalue weighted by Crippen LogP contribution is 2.63. The molecule has 1 aliphatic heterocycles. The first-order chi connectivity index (χ1) is 8.74. The Kier molecular flexibility index (Phi) is 2.31. The van der Waals surface area contributed by atoms with Crippen LogP contribution in [0.2, 0.25) is 0 Å². The number of rotatable bonds is 1. The highest BCUT2D eigenvalue weighted by Gasteiger charge is 2.66. The predicted molar refractivity (Wildman–Crippen MR) is 62.6 cm³/mol. The van der Waals surface area contributed by atoms with Crippen molar-refractivity contribution < 1.29 is 19.0 Å². The standard InChI is InChI=1S/C14H20O4/c1-16-13(15)12-9-4-8-5-10(7-9)14(11(12)6-8)17-2-3-18-14/h8-12H,2-7H2,1H3. The van der Waals surface area contributed by atoms with Crippen LogP contribution in [-0.2, 0) is 19.0 Å². The summed E-state index contributed by atoms with van der Waals surface area (Å²) >= 11 is 0. The zero-order valence-corrected chi connectivity index (χ0v) is 10.8. The van der Waals surface area contributed by atoms with Crippen LogP contribution in [0.3, 0.4) is 0 Å². The Balaban J connectivity index is 1.73. The summed E-state index contributed by atoms with van der Waals surface area (Å²) in [6.45, 7) is 1.35. The Bertz CT molecular complexity index is 374. The second-order valence-electron chi connectivity index (χ2n) is 6.34. The molecule has 0 N–H and O–H groups in total. The SMILES string of the molecule is COC(=O)C1C2CC3CC(C2)C2(OCCO2)C1C3. The van der Waals surface area contributed by atoms with E-state index < -0.39 is 5.79 Å². The Morgan fingerprint density at radius 1 is 1.17 bits per heavy atom. The fourth-order valence-electron chi connectivity index (χ4n) is 5.24. The lowest BCUT2D eigenvalue weighted by Gasteiger charge is -2.60. The van der Waals surface area contributed by atoms with E-state index in [0.717, 1.165) is 18.8 Å². The molecular formula is C14H20O4. The molecule has 1 saturated heterocycles. The number of ether oxygens (including phenoxy) is 3. The molecule has 5 unspecified atom stereocenters. The molecule has 5 atom stereocenters. The van der Waals surface area contributed by atoms with Gasteiger partial charge in [0.15, 0.2) is 5.79 Å². The minimum absolute atomic E-state index is 0.000833. The van der Waals surface area contributed by atoms with Crippen molar-refractivity contribution in [3.8, 4) is 0 Å². The van der Waals surface area contributed by atoms with Crippen LogP contribution in [0.1, 0.15) is 25.7 Å². The van der Waals surface area contributed by atoms with Gasteiger partial charge in [-0.3, -0.25) is 4.79 Å². The van der Waals surface area contributed by atoms with Crippen LogP contribution in [0.25, 0.3) is 0 Å². The summed E-state index contributed by atoms with van der Waals surface area (Å²) in [5.41, 5.74) is 0. The highest BCUT2D eigenvalue weighted by atomic mass is 16.7. The average Bonchev–Trinajstić information content (AvgIpc) is 2.85. The number of hydrogen-bond donors (Lipinski definition) is 0. The molecule has 0 aromatic rings. The van der Waals surface area contributed by atoms with Crippen LogP contribution in [0.5, 0.6) is 0 Å². The van der Waals surface area contributed by atoms with Gasteiger partial charge in [-0.25, -0.2) is 0 Å². The van der Waals surface area contributed by atoms with Crippen molar-refractivity contribution in [3.05, 3.63) is 0 Å². The molecule has 4 saturated carbocycles. The summed E-state index contributed by atoms with van der Waals surface area (Å²) in [6.07, 6.45) is 4.57. The first-order valence-electron chi connectivity index (χ1n) is 7.10. The minimum atomic E-state index is -0.452. The third-order valence-corrected chi connectivity index (χ3v) is 5.67. The summed E-state index contributed by atoms with van der Waals surface area (Å²) in [6, 6.07) is 0. The fourth-order valence-corrected chi connectivity index (χ4v) is 5.24. The Hall–Kier alpha value is -0.610. The van der Waals surface area contributed by atoms with E-state index in [1.54, 1.807) is 0 Å². The van der Waals surface area contributed by atoms with Crippen molar-refractivity contribution in [2.45, 2.75) is 31.5 Å². The zero-order chi connectivity index (χ0) is 12.3. The van der Waals surface area contributed by atoms with Crippen molar-refractivity contribution >= 4 is 5.97 Å². The molecule has 0 radical (unpaired) electrons. The quantitative estimate of drug-likeness (QED) is 0.665. The lowest BCUT2D eigenvalue weighted by molar-refractivity contribution is -0.303. The molecule has 5 aliphatic rings. The summed E-state index contributed by atoms with van der Waals surface area (Å²) in [5.74, 6) is 1.50. The second-order valence-corrected chi connectivity index (χ2v) is 6.34. The van der Waals surface area contributed by atoms with E-state index >= 15 is 0 Å². The van der Waals surface area contributed by atoms with Gasteiger partial charge in [0.1, 0.15) is 0 Å². The summed E-state index contributed by atoms with van der Waals surface area (Å²) in [7, 11) is 1.50. The van der Waals surface area contributed by atoms with Crippen molar-refractivity contribution in [2.75, 3.05) is 20.3 Å². The molecule has 1 spiro atoms. The van der Waals surface area contributed by atoms with Crippen LogP contribution in [0.15, 0.2) is 0 Å². The molecular weight excluding hydrogens is 232 g/mol. The monoisotopic (exact) mass is 252 g/mol. The van der Waals surface area contributed by atoms with Crippen LogP contribution in [-0.4, -0.2) is 32.1 Å². The smallest absolute Gasteiger partial charge is 0.309 e. The molecule has 4 nitrogen and oxygen atoms in total. The normalized spacial score (nSPS) is 47.7. The van der Waals surface area contributed by atoms with Crippen molar-refractivity contribution in [3.63, 3.8) is 0 Å². The topological polar surface area (TPSA) is 44.8 Å². The summed E-state index contributed by atoms with van der Waals surface area (Å²) in [5, 5.41) is 0. The van der Waals surface area contributed by atoms with Gasteiger partial charge >= 0.3 is 5.97 Å². The third kappa shape index (κ3) is 1.26. The van der Waals surface area contributed by atoms with Gasteiger partial charge in [0.2, 0.25) is 0 Å². The minimum Gasteiger partial charge on any atom is -0.469 e. The Morgan fingerprint density at radius 3 is 2.67 bits per heavy atom. The van der Waals surface area contributed by atoms with Gasteiger partial charge in [-0.1, -0.05) is 0 Å². The molecule has 4 bridgehead atoms. The van der Waals surface area contributed by atoms with E-state index in [0.29, 0.717) is 25.0 Å². The van der Waals surface area contributed by atoms with E-state index in [2.05, 4.69) is 0 Å². The number of methoxy groups -OCH3 is 1. The number of esters is 1. The predicted octanol–water partition coefficient (Wildman–Crippen LogP) is 1.58. The maximum Gasteiger partial charge on any atom is 0.309 e. The Labute approximate surface area is 107 Å². The molecule has 100 valence electrons. The molecule has 4 aliphatic carbocycles. The number of hydrogen-bond acceptors (Lipinski definition) is 4. The maximum absolute atomic E-state index is 12.1. The summed E-state index contributed by atoms with van der Waals surface area (Å²) < 4.78 is 17.1. The van der Waals surface area contributed by atoms with Gasteiger partial charge in [-0.2, -0.15) is 0 Å². The average molecular weight is 252 g/mol. The highest BCUT2D eigenvalue weighted by molar-refractivity contribution is 5.73. The van der Waals surface area contributed by atoms with Crippen LogP contribution in [0.4, 0.5) is 0 Å². The molecule has 1 heterocycles. The van der Waals surface area contributed by atoms with Gasteiger partial charge in [0, 0.05) is 11.8 Å². The number of carbonyl (C=O) groups excluding carboxylic acids is 1. The Morgan fingerprint density at radius 2 is 1.94 bits per heavy atom. The molecule has 18 heavy (non-hydrogen) atoms. The largest absolute Gasteiger partial charge is 0.469 e. The first-order valence-corrected chi connectivity index (χ1v) is 7.10. The van der Waals surface area contributed by atoms with Gasteiger partial charge in [-0.05, 0) is 37.5 Å². The molecule has 0 amide bonds. The fraction of sp³-hybridized carbons (Fsp3) is 0.929. The third-order valence-electron chi connectivity index (χ3n) is 5.67. The molecule has 5 fully saturated rings.